The summed E-state index contributed by atoms with van der Waals surface area (Å²) in [5.41, 5.74) is 0. The van der Waals surface area contributed by atoms with Gasteiger partial charge < -0.3 is 5.32 Å². The molecule has 0 unspecified atom stereocenters. The zero-order valence-corrected chi connectivity index (χ0v) is 8.28. The Morgan fingerprint density at radius 1 is 1.75 bits per heavy atom. The summed E-state index contributed by atoms with van der Waals surface area (Å²) in [6.07, 6.45) is 0.583. The molecular weight excluding hydrogens is 172 g/mol. The molecule has 0 saturated carbocycles. The van der Waals surface area contributed by atoms with Gasteiger partial charge in [0.15, 0.2) is 5.17 Å². The molecule has 0 atom stereocenters. The van der Waals surface area contributed by atoms with E-state index in [1.165, 1.54) is 0 Å². The van der Waals surface area contributed by atoms with Crippen molar-refractivity contribution < 1.29 is 4.79 Å². The second-order valence-electron chi connectivity index (χ2n) is 3.18. The normalized spacial score (nSPS) is 16.4. The van der Waals surface area contributed by atoms with Gasteiger partial charge in [-0.2, -0.15) is 0 Å². The molecule has 4 heteroatoms. The smallest absolute Gasteiger partial charge is 0.226 e. The number of hydrogen-bond donors (Lipinski definition) is 1. The number of carbonyl (C=O) groups is 1. The van der Waals surface area contributed by atoms with E-state index >= 15 is 0 Å². The number of aliphatic imine (C=N–C) groups is 1. The average Bonchev–Trinajstić information content (AvgIpc) is 2.37. The van der Waals surface area contributed by atoms with Crippen LogP contribution in [0.15, 0.2) is 4.99 Å². The van der Waals surface area contributed by atoms with Crippen molar-refractivity contribution >= 4 is 22.8 Å². The van der Waals surface area contributed by atoms with Crippen molar-refractivity contribution in [3.05, 3.63) is 0 Å². The average molecular weight is 186 g/mol. The maximum Gasteiger partial charge on any atom is 0.226 e. The molecule has 3 nitrogen and oxygen atoms in total. The van der Waals surface area contributed by atoms with Crippen molar-refractivity contribution in [2.75, 3.05) is 12.3 Å². The summed E-state index contributed by atoms with van der Waals surface area (Å²) in [6.45, 7) is 4.90. The first-order valence-corrected chi connectivity index (χ1v) is 5.14. The van der Waals surface area contributed by atoms with Crippen LogP contribution in [0.3, 0.4) is 0 Å². The van der Waals surface area contributed by atoms with Crippen LogP contribution in [0.25, 0.3) is 0 Å². The molecule has 1 rings (SSSR count). The first-order valence-electron chi connectivity index (χ1n) is 4.15. The van der Waals surface area contributed by atoms with Gasteiger partial charge in [0.2, 0.25) is 5.91 Å². The van der Waals surface area contributed by atoms with E-state index in [1.807, 2.05) is 13.8 Å². The van der Waals surface area contributed by atoms with E-state index in [9.17, 15) is 4.79 Å². The Morgan fingerprint density at radius 3 is 3.00 bits per heavy atom. The molecular formula is C8H14N2OS. The van der Waals surface area contributed by atoms with Crippen LogP contribution in [0.1, 0.15) is 20.3 Å². The topological polar surface area (TPSA) is 41.5 Å². The maximum atomic E-state index is 11.2. The Morgan fingerprint density at radius 2 is 2.50 bits per heavy atom. The molecule has 12 heavy (non-hydrogen) atoms. The first kappa shape index (κ1) is 9.58. The summed E-state index contributed by atoms with van der Waals surface area (Å²) < 4.78 is 0. The van der Waals surface area contributed by atoms with Crippen molar-refractivity contribution in [1.29, 1.82) is 0 Å². The number of amides is 1. The van der Waals surface area contributed by atoms with Crippen LogP contribution in [0.5, 0.6) is 0 Å². The first-order chi connectivity index (χ1) is 5.68. The highest BCUT2D eigenvalue weighted by Gasteiger charge is 2.11. The molecule has 0 aromatic heterocycles. The van der Waals surface area contributed by atoms with E-state index in [0.29, 0.717) is 12.3 Å². The number of carbonyl (C=O) groups excluding carboxylic acids is 1. The van der Waals surface area contributed by atoms with Crippen LogP contribution in [-0.2, 0) is 4.79 Å². The lowest BCUT2D eigenvalue weighted by Gasteiger charge is -2.05. The molecule has 1 heterocycles. The molecule has 0 spiro atoms. The highest BCUT2D eigenvalue weighted by molar-refractivity contribution is 8.14. The van der Waals surface area contributed by atoms with Gasteiger partial charge in [-0.3, -0.25) is 9.79 Å². The van der Waals surface area contributed by atoms with Gasteiger partial charge in [-0.05, 0) is 5.92 Å². The second-order valence-corrected chi connectivity index (χ2v) is 4.27. The van der Waals surface area contributed by atoms with Crippen LogP contribution in [0, 0.1) is 5.92 Å². The minimum atomic E-state index is 0.0816. The fourth-order valence-corrected chi connectivity index (χ4v) is 1.70. The SMILES string of the molecule is CC(C)CC(=O)NC1=NCCS1. The molecule has 68 valence electrons. The lowest BCUT2D eigenvalue weighted by Crippen LogP contribution is -2.28. The van der Waals surface area contributed by atoms with Gasteiger partial charge in [-0.25, -0.2) is 0 Å². The van der Waals surface area contributed by atoms with E-state index in [2.05, 4.69) is 10.3 Å². The third-order valence-electron chi connectivity index (χ3n) is 1.43. The van der Waals surface area contributed by atoms with Crippen LogP contribution in [0.4, 0.5) is 0 Å². The monoisotopic (exact) mass is 186 g/mol. The summed E-state index contributed by atoms with van der Waals surface area (Å²) in [6, 6.07) is 0. The molecule has 0 saturated heterocycles. The molecule has 1 N–H and O–H groups in total. The van der Waals surface area contributed by atoms with Gasteiger partial charge in [0.05, 0.1) is 6.54 Å². The zero-order chi connectivity index (χ0) is 8.97. The quantitative estimate of drug-likeness (QED) is 0.705. The minimum Gasteiger partial charge on any atom is -0.305 e. The van der Waals surface area contributed by atoms with Crippen molar-refractivity contribution in [2.45, 2.75) is 20.3 Å². The van der Waals surface area contributed by atoms with Gasteiger partial charge in [-0.1, -0.05) is 25.6 Å². The highest BCUT2D eigenvalue weighted by Crippen LogP contribution is 2.09. The second kappa shape index (κ2) is 4.50. The zero-order valence-electron chi connectivity index (χ0n) is 7.46. The lowest BCUT2D eigenvalue weighted by molar-refractivity contribution is -0.120. The van der Waals surface area contributed by atoms with Gasteiger partial charge in [0, 0.05) is 12.2 Å². The van der Waals surface area contributed by atoms with E-state index in [1.54, 1.807) is 11.8 Å². The van der Waals surface area contributed by atoms with Crippen LogP contribution < -0.4 is 5.32 Å². The number of nitrogens with zero attached hydrogens (tertiary/aromatic N) is 1. The number of nitrogens with one attached hydrogen (secondary N) is 1. The fraction of sp³-hybridized carbons (Fsp3) is 0.750. The Kier molecular flexibility index (Phi) is 3.59. The van der Waals surface area contributed by atoms with Crippen LogP contribution in [0.2, 0.25) is 0 Å². The predicted octanol–water partition coefficient (Wildman–Crippen LogP) is 1.25. The summed E-state index contributed by atoms with van der Waals surface area (Å²) in [5.74, 6) is 1.49. The highest BCUT2D eigenvalue weighted by atomic mass is 32.2. The maximum absolute atomic E-state index is 11.2. The van der Waals surface area contributed by atoms with Gasteiger partial charge in [-0.15, -0.1) is 0 Å². The molecule has 0 aromatic rings. The Labute approximate surface area is 77.0 Å². The minimum absolute atomic E-state index is 0.0816. The van der Waals surface area contributed by atoms with Gasteiger partial charge in [0.25, 0.3) is 0 Å². The van der Waals surface area contributed by atoms with Crippen molar-refractivity contribution in [3.63, 3.8) is 0 Å². The molecule has 1 aliphatic rings. The van der Waals surface area contributed by atoms with E-state index < -0.39 is 0 Å². The summed E-state index contributed by atoms with van der Waals surface area (Å²) in [5, 5.41) is 3.58. The number of thioether (sulfide) groups is 1. The summed E-state index contributed by atoms with van der Waals surface area (Å²) in [7, 11) is 0. The van der Waals surface area contributed by atoms with Crippen LogP contribution in [-0.4, -0.2) is 23.4 Å². The van der Waals surface area contributed by atoms with Crippen molar-refractivity contribution in [1.82, 2.24) is 5.32 Å². The van der Waals surface area contributed by atoms with Crippen molar-refractivity contribution in [2.24, 2.45) is 10.9 Å². The standard InChI is InChI=1S/C8H14N2OS/c1-6(2)5-7(11)10-8-9-3-4-12-8/h6H,3-5H2,1-2H3,(H,9,10,11). The third-order valence-corrected chi connectivity index (χ3v) is 2.32. The molecule has 0 bridgehead atoms. The largest absolute Gasteiger partial charge is 0.305 e. The van der Waals surface area contributed by atoms with E-state index in [-0.39, 0.29) is 5.91 Å². The molecule has 0 fully saturated rings. The number of amidine groups is 1. The lowest BCUT2D eigenvalue weighted by atomic mass is 10.1. The molecule has 0 radical (unpaired) electrons. The number of hydrogen-bond acceptors (Lipinski definition) is 3. The predicted molar refractivity (Wildman–Crippen MR) is 52.4 cm³/mol. The molecule has 1 aliphatic heterocycles. The summed E-state index contributed by atoms with van der Waals surface area (Å²) in [4.78, 5) is 15.3. The third kappa shape index (κ3) is 3.26. The van der Waals surface area contributed by atoms with E-state index in [4.69, 9.17) is 0 Å². The van der Waals surface area contributed by atoms with Gasteiger partial charge >= 0.3 is 0 Å². The fourth-order valence-electron chi connectivity index (χ4n) is 0.952. The molecule has 0 aromatic carbocycles. The Bertz CT molecular complexity index is 201. The Hall–Kier alpha value is -0.510. The Balaban J connectivity index is 2.26. The van der Waals surface area contributed by atoms with Gasteiger partial charge in [0.1, 0.15) is 0 Å². The summed E-state index contributed by atoms with van der Waals surface area (Å²) >= 11 is 1.62. The van der Waals surface area contributed by atoms with E-state index in [0.717, 1.165) is 17.5 Å². The van der Waals surface area contributed by atoms with Crippen molar-refractivity contribution in [3.8, 4) is 0 Å². The molecule has 0 aliphatic carbocycles. The number of rotatable bonds is 2. The molecule has 1 amide bonds. The van der Waals surface area contributed by atoms with Crippen LogP contribution >= 0.6 is 11.8 Å².